The highest BCUT2D eigenvalue weighted by Crippen LogP contribution is 2.48. The second-order valence-electron chi connectivity index (χ2n) is 7.81. The summed E-state index contributed by atoms with van der Waals surface area (Å²) in [4.78, 5) is 25.8. The molecule has 1 aliphatic heterocycles. The van der Waals surface area contributed by atoms with Crippen molar-refractivity contribution < 1.29 is 19.1 Å². The fourth-order valence-electron chi connectivity index (χ4n) is 4.06. The van der Waals surface area contributed by atoms with Gasteiger partial charge in [-0.1, -0.05) is 29.8 Å². The molecule has 0 aromatic heterocycles. The van der Waals surface area contributed by atoms with Crippen LogP contribution >= 0.6 is 15.9 Å². The van der Waals surface area contributed by atoms with Crippen LogP contribution in [-0.2, 0) is 14.3 Å². The first-order valence-corrected chi connectivity index (χ1v) is 9.63. The van der Waals surface area contributed by atoms with Gasteiger partial charge in [0.15, 0.2) is 5.78 Å². The van der Waals surface area contributed by atoms with Gasteiger partial charge in [0.1, 0.15) is 5.75 Å². The van der Waals surface area contributed by atoms with Gasteiger partial charge in [-0.25, -0.2) is 4.79 Å². The van der Waals surface area contributed by atoms with E-state index in [2.05, 4.69) is 35.1 Å². The van der Waals surface area contributed by atoms with Crippen molar-refractivity contribution in [2.45, 2.75) is 39.5 Å². The third-order valence-electron chi connectivity index (χ3n) is 5.15. The van der Waals surface area contributed by atoms with Gasteiger partial charge in [-0.05, 0) is 37.0 Å². The van der Waals surface area contributed by atoms with Crippen molar-refractivity contribution >= 4 is 27.7 Å². The number of nitrogens with one attached hydrogen (secondary N) is 1. The molecule has 0 saturated heterocycles. The van der Waals surface area contributed by atoms with E-state index in [1.165, 1.54) is 7.11 Å². The monoisotopic (exact) mass is 433 g/mol. The van der Waals surface area contributed by atoms with Gasteiger partial charge in [-0.3, -0.25) is 4.79 Å². The van der Waals surface area contributed by atoms with Crippen molar-refractivity contribution in [1.82, 2.24) is 5.32 Å². The van der Waals surface area contributed by atoms with Crippen LogP contribution in [0, 0.1) is 5.41 Å². The van der Waals surface area contributed by atoms with Gasteiger partial charge in [-0.15, -0.1) is 0 Å². The number of halogens is 1. The molecule has 0 spiro atoms. The number of carbonyl (C=O) groups excluding carboxylic acids is 2. The number of rotatable bonds is 3. The number of esters is 1. The molecule has 3 rings (SSSR count). The van der Waals surface area contributed by atoms with Gasteiger partial charge >= 0.3 is 5.97 Å². The first kappa shape index (κ1) is 19.7. The Morgan fingerprint density at radius 3 is 2.59 bits per heavy atom. The summed E-state index contributed by atoms with van der Waals surface area (Å²) < 4.78 is 11.5. The van der Waals surface area contributed by atoms with Crippen LogP contribution in [0.25, 0.3) is 0 Å². The summed E-state index contributed by atoms with van der Waals surface area (Å²) >= 11 is 3.50. The number of allylic oxidation sites excluding steroid dienone is 3. The summed E-state index contributed by atoms with van der Waals surface area (Å²) in [5, 5.41) is 3.31. The molecule has 27 heavy (non-hydrogen) atoms. The van der Waals surface area contributed by atoms with E-state index in [1.807, 2.05) is 25.1 Å². The van der Waals surface area contributed by atoms with Crippen LogP contribution in [0.15, 0.2) is 45.2 Å². The Labute approximate surface area is 167 Å². The molecule has 1 aromatic rings. The van der Waals surface area contributed by atoms with E-state index in [-0.39, 0.29) is 11.2 Å². The number of Topliss-reactive ketones (excluding diaryl/α,β-unsaturated/α-hetero) is 1. The van der Waals surface area contributed by atoms with Crippen LogP contribution in [0.5, 0.6) is 5.75 Å². The molecule has 5 nitrogen and oxygen atoms in total. The lowest BCUT2D eigenvalue weighted by Crippen LogP contribution is -2.38. The summed E-state index contributed by atoms with van der Waals surface area (Å²) in [6, 6.07) is 5.62. The van der Waals surface area contributed by atoms with Gasteiger partial charge < -0.3 is 14.8 Å². The standard InChI is InChI=1S/C21H24BrNO4/c1-11-17(20(25)27-5)18(13-8-12(22)6-7-16(13)26-4)19-14(23-11)9-21(2,3)10-15(19)24/h6-8,18,23H,9-10H2,1-5H3/t18-/m1/s1. The Hall–Kier alpha value is -2.08. The normalized spacial score (nSPS) is 21.6. The van der Waals surface area contributed by atoms with E-state index in [0.29, 0.717) is 29.0 Å². The molecule has 0 amide bonds. The number of hydrogen-bond acceptors (Lipinski definition) is 5. The van der Waals surface area contributed by atoms with Crippen LogP contribution in [-0.4, -0.2) is 26.0 Å². The average Bonchev–Trinajstić information content (AvgIpc) is 2.58. The van der Waals surface area contributed by atoms with Crippen LogP contribution in [0.3, 0.4) is 0 Å². The fraction of sp³-hybridized carbons (Fsp3) is 0.429. The second kappa shape index (κ2) is 7.15. The average molecular weight is 434 g/mol. The van der Waals surface area contributed by atoms with Crippen LogP contribution in [0.1, 0.15) is 45.1 Å². The highest BCUT2D eigenvalue weighted by Gasteiger charge is 2.43. The smallest absolute Gasteiger partial charge is 0.336 e. The van der Waals surface area contributed by atoms with Crippen molar-refractivity contribution in [1.29, 1.82) is 0 Å². The molecule has 0 unspecified atom stereocenters. The first-order valence-electron chi connectivity index (χ1n) is 8.84. The Morgan fingerprint density at radius 2 is 1.96 bits per heavy atom. The molecule has 144 valence electrons. The van der Waals surface area contributed by atoms with Crippen LogP contribution in [0.2, 0.25) is 0 Å². The van der Waals surface area contributed by atoms with Crippen molar-refractivity contribution in [2.75, 3.05) is 14.2 Å². The third kappa shape index (κ3) is 3.55. The van der Waals surface area contributed by atoms with Crippen molar-refractivity contribution in [2.24, 2.45) is 5.41 Å². The molecule has 0 saturated carbocycles. The molecule has 1 atom stereocenters. The SMILES string of the molecule is COC(=O)C1=C(C)NC2=C(C(=O)CC(C)(C)C2)[C@@H]1c1cc(Br)ccc1OC. The van der Waals surface area contributed by atoms with Crippen LogP contribution in [0.4, 0.5) is 0 Å². The Morgan fingerprint density at radius 1 is 1.26 bits per heavy atom. The molecule has 2 aliphatic rings. The lowest BCUT2D eigenvalue weighted by molar-refractivity contribution is -0.136. The summed E-state index contributed by atoms with van der Waals surface area (Å²) in [6.45, 7) is 6.01. The largest absolute Gasteiger partial charge is 0.496 e. The predicted octanol–water partition coefficient (Wildman–Crippen LogP) is 4.23. The quantitative estimate of drug-likeness (QED) is 0.722. The first-order chi connectivity index (χ1) is 12.7. The van der Waals surface area contributed by atoms with Crippen molar-refractivity contribution in [3.05, 3.63) is 50.8 Å². The zero-order valence-electron chi connectivity index (χ0n) is 16.2. The van der Waals surface area contributed by atoms with Gasteiger partial charge in [-0.2, -0.15) is 0 Å². The van der Waals surface area contributed by atoms with E-state index in [4.69, 9.17) is 9.47 Å². The molecule has 6 heteroatoms. The lowest BCUT2D eigenvalue weighted by Gasteiger charge is -2.39. The van der Waals surface area contributed by atoms with E-state index >= 15 is 0 Å². The highest BCUT2D eigenvalue weighted by molar-refractivity contribution is 9.10. The summed E-state index contributed by atoms with van der Waals surface area (Å²) in [5.41, 5.74) is 3.32. The minimum Gasteiger partial charge on any atom is -0.496 e. The number of hydrogen-bond donors (Lipinski definition) is 1. The van der Waals surface area contributed by atoms with Gasteiger partial charge in [0.05, 0.1) is 25.7 Å². The molecular weight excluding hydrogens is 410 g/mol. The van der Waals surface area contributed by atoms with Gasteiger partial charge in [0.25, 0.3) is 0 Å². The molecule has 1 heterocycles. The maximum absolute atomic E-state index is 13.2. The summed E-state index contributed by atoms with van der Waals surface area (Å²) in [7, 11) is 2.94. The lowest BCUT2D eigenvalue weighted by atomic mass is 9.68. The zero-order valence-corrected chi connectivity index (χ0v) is 17.8. The summed E-state index contributed by atoms with van der Waals surface area (Å²) in [5.74, 6) is -0.292. The molecule has 1 aliphatic carbocycles. The third-order valence-corrected chi connectivity index (χ3v) is 5.64. The molecular formula is C21H24BrNO4. The molecule has 1 N–H and O–H groups in total. The molecule has 0 fully saturated rings. The van der Waals surface area contributed by atoms with E-state index in [9.17, 15) is 9.59 Å². The maximum Gasteiger partial charge on any atom is 0.336 e. The maximum atomic E-state index is 13.2. The number of ether oxygens (including phenoxy) is 2. The highest BCUT2D eigenvalue weighted by atomic mass is 79.9. The van der Waals surface area contributed by atoms with E-state index < -0.39 is 11.9 Å². The van der Waals surface area contributed by atoms with E-state index in [0.717, 1.165) is 22.2 Å². The van der Waals surface area contributed by atoms with Gasteiger partial charge in [0, 0.05) is 33.4 Å². The molecule has 0 radical (unpaired) electrons. The minimum absolute atomic E-state index is 0.0506. The number of carbonyl (C=O) groups is 2. The number of dihydropyridines is 1. The predicted molar refractivity (Wildman–Crippen MR) is 106 cm³/mol. The fourth-order valence-corrected chi connectivity index (χ4v) is 4.44. The van der Waals surface area contributed by atoms with Crippen LogP contribution < -0.4 is 10.1 Å². The van der Waals surface area contributed by atoms with Gasteiger partial charge in [0.2, 0.25) is 0 Å². The van der Waals surface area contributed by atoms with Crippen molar-refractivity contribution in [3.63, 3.8) is 0 Å². The Bertz CT molecular complexity index is 882. The Kier molecular flexibility index (Phi) is 5.21. The summed E-state index contributed by atoms with van der Waals surface area (Å²) in [6.07, 6.45) is 1.18. The Balaban J connectivity index is 2.28. The number of methoxy groups -OCH3 is 2. The second-order valence-corrected chi connectivity index (χ2v) is 8.72. The number of ketones is 1. The van der Waals surface area contributed by atoms with Crippen molar-refractivity contribution in [3.8, 4) is 5.75 Å². The topological polar surface area (TPSA) is 64.6 Å². The molecule has 1 aromatic carbocycles. The number of benzene rings is 1. The minimum atomic E-state index is -0.523. The zero-order chi connectivity index (χ0) is 19.9. The van der Waals surface area contributed by atoms with E-state index in [1.54, 1.807) is 7.11 Å². The molecule has 0 bridgehead atoms.